The highest BCUT2D eigenvalue weighted by atomic mass is 15.1. The lowest BCUT2D eigenvalue weighted by atomic mass is 9.95. The minimum Gasteiger partial charge on any atom is -0.379 e. The molecule has 2 aliphatic rings. The molecule has 70 valence electrons. The number of rotatable bonds is 2. The zero-order valence-corrected chi connectivity index (χ0v) is 7.66. The van der Waals surface area contributed by atoms with Crippen LogP contribution >= 0.6 is 0 Å². The van der Waals surface area contributed by atoms with E-state index in [2.05, 4.69) is 15.5 Å². The van der Waals surface area contributed by atoms with Gasteiger partial charge >= 0.3 is 0 Å². The first-order chi connectivity index (χ1) is 6.42. The lowest BCUT2D eigenvalue weighted by molar-refractivity contribution is 0.440. The fourth-order valence-corrected chi connectivity index (χ4v) is 2.97. The first-order valence-electron chi connectivity index (χ1n) is 5.17. The Morgan fingerprint density at radius 1 is 1.38 bits per heavy atom. The molecule has 3 heteroatoms. The average molecular weight is 177 g/mol. The second-order valence-electron chi connectivity index (χ2n) is 4.41. The highest BCUT2D eigenvalue weighted by Gasteiger charge is 2.39. The Balaban J connectivity index is 1.68. The van der Waals surface area contributed by atoms with Gasteiger partial charge in [0.25, 0.3) is 0 Å². The van der Waals surface area contributed by atoms with Gasteiger partial charge in [-0.15, -0.1) is 0 Å². The molecule has 0 amide bonds. The SMILES string of the molecule is c1n[nH]cc1NC1CC2CCC1C2. The smallest absolute Gasteiger partial charge is 0.0726 e. The first-order valence-corrected chi connectivity index (χ1v) is 5.17. The number of anilines is 1. The largest absolute Gasteiger partial charge is 0.379 e. The molecule has 3 atom stereocenters. The Morgan fingerprint density at radius 3 is 3.00 bits per heavy atom. The molecule has 0 saturated heterocycles. The van der Waals surface area contributed by atoms with Gasteiger partial charge < -0.3 is 5.32 Å². The van der Waals surface area contributed by atoms with Gasteiger partial charge in [0, 0.05) is 12.2 Å². The topological polar surface area (TPSA) is 40.7 Å². The molecule has 3 rings (SSSR count). The molecule has 3 unspecified atom stereocenters. The van der Waals surface area contributed by atoms with E-state index in [0.29, 0.717) is 0 Å². The van der Waals surface area contributed by atoms with Crippen molar-refractivity contribution in [3.63, 3.8) is 0 Å². The number of hydrogen-bond donors (Lipinski definition) is 2. The quantitative estimate of drug-likeness (QED) is 0.725. The first kappa shape index (κ1) is 7.42. The number of H-pyrrole nitrogens is 1. The minimum absolute atomic E-state index is 0.719. The van der Waals surface area contributed by atoms with Crippen LogP contribution in [0.1, 0.15) is 25.7 Å². The molecule has 0 aromatic carbocycles. The van der Waals surface area contributed by atoms with Crippen LogP contribution in [0.3, 0.4) is 0 Å². The molecule has 2 fully saturated rings. The second kappa shape index (κ2) is 2.76. The Bertz CT molecular complexity index is 280. The minimum atomic E-state index is 0.719. The van der Waals surface area contributed by atoms with Gasteiger partial charge in [-0.05, 0) is 31.1 Å². The van der Waals surface area contributed by atoms with Gasteiger partial charge in [-0.3, -0.25) is 5.10 Å². The van der Waals surface area contributed by atoms with Gasteiger partial charge in [0.1, 0.15) is 0 Å². The van der Waals surface area contributed by atoms with E-state index in [9.17, 15) is 0 Å². The van der Waals surface area contributed by atoms with E-state index >= 15 is 0 Å². The summed E-state index contributed by atoms with van der Waals surface area (Å²) in [5, 5.41) is 10.3. The van der Waals surface area contributed by atoms with E-state index in [-0.39, 0.29) is 0 Å². The molecule has 2 aliphatic carbocycles. The summed E-state index contributed by atoms with van der Waals surface area (Å²) in [6, 6.07) is 0.719. The summed E-state index contributed by atoms with van der Waals surface area (Å²) >= 11 is 0. The van der Waals surface area contributed by atoms with Gasteiger partial charge in [-0.25, -0.2) is 0 Å². The summed E-state index contributed by atoms with van der Waals surface area (Å²) in [6.07, 6.45) is 9.53. The maximum atomic E-state index is 3.94. The van der Waals surface area contributed by atoms with Crippen molar-refractivity contribution in [2.24, 2.45) is 11.8 Å². The lowest BCUT2D eigenvalue weighted by Crippen LogP contribution is -2.25. The lowest BCUT2D eigenvalue weighted by Gasteiger charge is -2.22. The fraction of sp³-hybridized carbons (Fsp3) is 0.700. The highest BCUT2D eigenvalue weighted by molar-refractivity contribution is 5.39. The number of aromatic amines is 1. The average Bonchev–Trinajstić information content (AvgIpc) is 2.77. The van der Waals surface area contributed by atoms with E-state index in [1.54, 1.807) is 0 Å². The van der Waals surface area contributed by atoms with E-state index in [4.69, 9.17) is 0 Å². The van der Waals surface area contributed by atoms with Crippen molar-refractivity contribution in [2.45, 2.75) is 31.7 Å². The third-order valence-corrected chi connectivity index (χ3v) is 3.59. The zero-order valence-electron chi connectivity index (χ0n) is 7.66. The molecule has 1 aromatic rings. The van der Waals surface area contributed by atoms with Gasteiger partial charge in [0.2, 0.25) is 0 Å². The van der Waals surface area contributed by atoms with E-state index in [0.717, 1.165) is 23.6 Å². The van der Waals surface area contributed by atoms with Gasteiger partial charge in [0.15, 0.2) is 0 Å². The normalized spacial score (nSPS) is 36.8. The molecular weight excluding hydrogens is 162 g/mol. The summed E-state index contributed by atoms with van der Waals surface area (Å²) in [5.74, 6) is 1.94. The molecule has 13 heavy (non-hydrogen) atoms. The van der Waals surface area contributed by atoms with Gasteiger partial charge in [0.05, 0.1) is 11.9 Å². The monoisotopic (exact) mass is 177 g/mol. The molecule has 0 radical (unpaired) electrons. The standard InChI is InChI=1S/C10H15N3/c1-2-8-3-7(1)4-10(8)13-9-5-11-12-6-9/h5-8,10,13H,1-4H2,(H,11,12). The zero-order chi connectivity index (χ0) is 8.67. The number of nitrogens with one attached hydrogen (secondary N) is 2. The Hall–Kier alpha value is -0.990. The molecule has 0 spiro atoms. The van der Waals surface area contributed by atoms with Crippen molar-refractivity contribution in [3.05, 3.63) is 12.4 Å². The molecule has 1 heterocycles. The summed E-state index contributed by atoms with van der Waals surface area (Å²) in [4.78, 5) is 0. The maximum Gasteiger partial charge on any atom is 0.0726 e. The predicted octanol–water partition coefficient (Wildman–Crippen LogP) is 2.01. The third-order valence-electron chi connectivity index (χ3n) is 3.59. The summed E-state index contributed by atoms with van der Waals surface area (Å²) in [5.41, 5.74) is 1.15. The maximum absolute atomic E-state index is 3.94. The van der Waals surface area contributed by atoms with E-state index in [1.807, 2.05) is 12.4 Å². The molecule has 2 saturated carbocycles. The predicted molar refractivity (Wildman–Crippen MR) is 51.4 cm³/mol. The van der Waals surface area contributed by atoms with Crippen LogP contribution in [0.25, 0.3) is 0 Å². The van der Waals surface area contributed by atoms with Crippen LogP contribution in [0.5, 0.6) is 0 Å². The van der Waals surface area contributed by atoms with Crippen molar-refractivity contribution < 1.29 is 0 Å². The summed E-state index contributed by atoms with van der Waals surface area (Å²) in [6.45, 7) is 0. The highest BCUT2D eigenvalue weighted by Crippen LogP contribution is 2.45. The van der Waals surface area contributed by atoms with Gasteiger partial charge in [-0.1, -0.05) is 6.42 Å². The fourth-order valence-electron chi connectivity index (χ4n) is 2.97. The second-order valence-corrected chi connectivity index (χ2v) is 4.41. The van der Waals surface area contributed by atoms with Crippen LogP contribution in [0.2, 0.25) is 0 Å². The summed E-state index contributed by atoms with van der Waals surface area (Å²) < 4.78 is 0. The molecule has 2 bridgehead atoms. The van der Waals surface area contributed by atoms with Crippen molar-refractivity contribution >= 4 is 5.69 Å². The van der Waals surface area contributed by atoms with Crippen molar-refractivity contribution in [1.29, 1.82) is 0 Å². The molecule has 2 N–H and O–H groups in total. The number of nitrogens with zero attached hydrogens (tertiary/aromatic N) is 1. The van der Waals surface area contributed by atoms with Crippen LogP contribution in [-0.4, -0.2) is 16.2 Å². The van der Waals surface area contributed by atoms with Crippen LogP contribution in [0, 0.1) is 11.8 Å². The molecule has 0 aliphatic heterocycles. The number of hydrogen-bond acceptors (Lipinski definition) is 2. The van der Waals surface area contributed by atoms with Crippen LogP contribution in [0.15, 0.2) is 12.4 Å². The van der Waals surface area contributed by atoms with Crippen LogP contribution < -0.4 is 5.32 Å². The van der Waals surface area contributed by atoms with Crippen molar-refractivity contribution in [2.75, 3.05) is 5.32 Å². The Morgan fingerprint density at radius 2 is 2.38 bits per heavy atom. The Kier molecular flexibility index (Phi) is 1.57. The molecule has 1 aromatic heterocycles. The molecular formula is C10H15N3. The van der Waals surface area contributed by atoms with Crippen LogP contribution in [-0.2, 0) is 0 Å². The third kappa shape index (κ3) is 1.23. The van der Waals surface area contributed by atoms with Crippen molar-refractivity contribution in [3.8, 4) is 0 Å². The van der Waals surface area contributed by atoms with Crippen molar-refractivity contribution in [1.82, 2.24) is 10.2 Å². The Labute approximate surface area is 77.9 Å². The molecule has 3 nitrogen and oxygen atoms in total. The van der Waals surface area contributed by atoms with Gasteiger partial charge in [-0.2, -0.15) is 5.10 Å². The van der Waals surface area contributed by atoms with Crippen LogP contribution in [0.4, 0.5) is 5.69 Å². The number of fused-ring (bicyclic) bond motifs is 2. The van der Waals surface area contributed by atoms with E-state index in [1.165, 1.54) is 25.7 Å². The van der Waals surface area contributed by atoms with E-state index < -0.39 is 0 Å². The number of aromatic nitrogens is 2. The summed E-state index contributed by atoms with van der Waals surface area (Å²) in [7, 11) is 0.